The number of carbonyl (C=O) groups excluding carboxylic acids is 2. The Bertz CT molecular complexity index is 444. The number of ether oxygens (including phenoxy) is 2. The number of carbonyl (C=O) groups is 2. The summed E-state index contributed by atoms with van der Waals surface area (Å²) in [5.41, 5.74) is 11.6. The van der Waals surface area contributed by atoms with Crippen molar-refractivity contribution in [1.82, 2.24) is 0 Å². The average Bonchev–Trinajstić information content (AvgIpc) is 2.64. The van der Waals surface area contributed by atoms with E-state index in [-0.39, 0.29) is 48.1 Å². The first-order valence-corrected chi connectivity index (χ1v) is 10.6. The van der Waals surface area contributed by atoms with Crippen LogP contribution in [0.2, 0.25) is 0 Å². The molecular formula is C21H42Cl2N2O4. The molecule has 0 aliphatic heterocycles. The van der Waals surface area contributed by atoms with Gasteiger partial charge in [0.1, 0.15) is 0 Å². The summed E-state index contributed by atoms with van der Waals surface area (Å²) in [6.07, 6.45) is 8.71. The van der Waals surface area contributed by atoms with Crippen LogP contribution in [0.3, 0.4) is 0 Å². The predicted octanol–water partition coefficient (Wildman–Crippen LogP) is 4.01. The van der Waals surface area contributed by atoms with Gasteiger partial charge < -0.3 is 20.9 Å². The standard InChI is InChI=1S/C21H40N2O4.2ClH/c1-17(2)12-18(15-22)13-19(24)26-10-6-7-11-27-20(25)14-21(16-23)8-4-3-5-9-21;;/h17-18H,3-16,22-23H2,1-2H3;2*1H/t18-;;/m0../s1. The Morgan fingerprint density at radius 1 is 0.931 bits per heavy atom. The Hall–Kier alpha value is -0.560. The van der Waals surface area contributed by atoms with Crippen LogP contribution in [0.15, 0.2) is 0 Å². The van der Waals surface area contributed by atoms with Gasteiger partial charge in [0, 0.05) is 6.42 Å². The molecule has 8 heteroatoms. The molecule has 0 unspecified atom stereocenters. The van der Waals surface area contributed by atoms with Crippen molar-refractivity contribution in [3.8, 4) is 0 Å². The molecule has 1 fully saturated rings. The zero-order chi connectivity index (χ0) is 20.1. The summed E-state index contributed by atoms with van der Waals surface area (Å²) in [6.45, 7) is 6.04. The molecule has 1 saturated carbocycles. The molecule has 0 radical (unpaired) electrons. The van der Waals surface area contributed by atoms with E-state index in [1.165, 1.54) is 6.42 Å². The number of halogens is 2. The second-order valence-corrected chi connectivity index (χ2v) is 8.53. The SMILES string of the molecule is CC(C)C[C@H](CN)CC(=O)OCCCCOC(=O)CC1(CN)CCCCC1.Cl.Cl. The van der Waals surface area contributed by atoms with Gasteiger partial charge in [-0.3, -0.25) is 9.59 Å². The Morgan fingerprint density at radius 2 is 1.48 bits per heavy atom. The van der Waals surface area contributed by atoms with Crippen molar-refractivity contribution >= 4 is 36.8 Å². The molecule has 174 valence electrons. The molecule has 1 rings (SSSR count). The Kier molecular flexibility index (Phi) is 18.1. The van der Waals surface area contributed by atoms with Gasteiger partial charge in [-0.1, -0.05) is 33.1 Å². The first-order chi connectivity index (χ1) is 12.9. The van der Waals surface area contributed by atoms with E-state index in [4.69, 9.17) is 20.9 Å². The fourth-order valence-corrected chi connectivity index (χ4v) is 3.91. The maximum Gasteiger partial charge on any atom is 0.306 e. The van der Waals surface area contributed by atoms with Gasteiger partial charge in [0.25, 0.3) is 0 Å². The van der Waals surface area contributed by atoms with E-state index in [0.717, 1.165) is 32.1 Å². The number of unbranched alkanes of at least 4 members (excludes halogenated alkanes) is 1. The van der Waals surface area contributed by atoms with Crippen LogP contribution in [-0.2, 0) is 19.1 Å². The fraction of sp³-hybridized carbons (Fsp3) is 0.905. The van der Waals surface area contributed by atoms with Crippen LogP contribution < -0.4 is 11.5 Å². The molecule has 1 aliphatic carbocycles. The summed E-state index contributed by atoms with van der Waals surface area (Å²) >= 11 is 0. The third-order valence-corrected chi connectivity index (χ3v) is 5.52. The minimum absolute atomic E-state index is 0. The molecule has 1 atom stereocenters. The molecule has 4 N–H and O–H groups in total. The number of nitrogens with two attached hydrogens (primary N) is 2. The topological polar surface area (TPSA) is 105 Å². The third-order valence-electron chi connectivity index (χ3n) is 5.52. The van der Waals surface area contributed by atoms with E-state index in [2.05, 4.69) is 13.8 Å². The van der Waals surface area contributed by atoms with Crippen LogP contribution in [0.4, 0.5) is 0 Å². The lowest BCUT2D eigenvalue weighted by Gasteiger charge is -2.35. The van der Waals surface area contributed by atoms with Gasteiger partial charge in [0.15, 0.2) is 0 Å². The highest BCUT2D eigenvalue weighted by Crippen LogP contribution is 2.38. The fourth-order valence-electron chi connectivity index (χ4n) is 3.91. The van der Waals surface area contributed by atoms with Gasteiger partial charge >= 0.3 is 11.9 Å². The van der Waals surface area contributed by atoms with E-state index < -0.39 is 0 Å². The lowest BCUT2D eigenvalue weighted by molar-refractivity contribution is -0.148. The summed E-state index contributed by atoms with van der Waals surface area (Å²) in [5, 5.41) is 0. The van der Waals surface area contributed by atoms with Crippen molar-refractivity contribution in [1.29, 1.82) is 0 Å². The second-order valence-electron chi connectivity index (χ2n) is 8.53. The quantitative estimate of drug-likeness (QED) is 0.320. The number of hydrogen-bond acceptors (Lipinski definition) is 6. The number of esters is 2. The molecule has 1 aliphatic rings. The molecule has 6 nitrogen and oxygen atoms in total. The monoisotopic (exact) mass is 456 g/mol. The smallest absolute Gasteiger partial charge is 0.306 e. The summed E-state index contributed by atoms with van der Waals surface area (Å²) in [6, 6.07) is 0. The number of rotatable bonds is 13. The van der Waals surface area contributed by atoms with Crippen LogP contribution >= 0.6 is 24.8 Å². The largest absolute Gasteiger partial charge is 0.466 e. The predicted molar refractivity (Wildman–Crippen MR) is 121 cm³/mol. The summed E-state index contributed by atoms with van der Waals surface area (Å²) in [4.78, 5) is 23.9. The van der Waals surface area contributed by atoms with Crippen molar-refractivity contribution in [2.24, 2.45) is 28.7 Å². The minimum atomic E-state index is -0.190. The van der Waals surface area contributed by atoms with Crippen LogP contribution in [0.25, 0.3) is 0 Å². The lowest BCUT2D eigenvalue weighted by Crippen LogP contribution is -2.35. The van der Waals surface area contributed by atoms with Crippen LogP contribution in [-0.4, -0.2) is 38.2 Å². The molecule has 0 bridgehead atoms. The molecule has 0 amide bonds. The lowest BCUT2D eigenvalue weighted by atomic mass is 9.72. The van der Waals surface area contributed by atoms with Crippen molar-refractivity contribution in [3.63, 3.8) is 0 Å². The first kappa shape index (κ1) is 30.6. The zero-order valence-corrected chi connectivity index (χ0v) is 19.8. The van der Waals surface area contributed by atoms with Gasteiger partial charge in [-0.25, -0.2) is 0 Å². The summed E-state index contributed by atoms with van der Waals surface area (Å²) in [7, 11) is 0. The molecule has 0 heterocycles. The highest BCUT2D eigenvalue weighted by atomic mass is 35.5. The molecule has 29 heavy (non-hydrogen) atoms. The van der Waals surface area contributed by atoms with Crippen LogP contribution in [0.1, 0.15) is 78.1 Å². The van der Waals surface area contributed by atoms with Gasteiger partial charge in [-0.15, -0.1) is 24.8 Å². The van der Waals surface area contributed by atoms with Gasteiger partial charge in [0.05, 0.1) is 19.6 Å². The van der Waals surface area contributed by atoms with Crippen molar-refractivity contribution in [2.45, 2.75) is 78.1 Å². The Labute approximate surface area is 189 Å². The van der Waals surface area contributed by atoms with Gasteiger partial charge in [-0.05, 0) is 62.4 Å². The zero-order valence-electron chi connectivity index (χ0n) is 18.2. The molecular weight excluding hydrogens is 415 g/mol. The highest BCUT2D eigenvalue weighted by Gasteiger charge is 2.33. The van der Waals surface area contributed by atoms with Gasteiger partial charge in [-0.2, -0.15) is 0 Å². The average molecular weight is 457 g/mol. The minimum Gasteiger partial charge on any atom is -0.466 e. The molecule has 0 aromatic carbocycles. The van der Waals surface area contributed by atoms with Crippen LogP contribution in [0, 0.1) is 17.3 Å². The third kappa shape index (κ3) is 13.4. The van der Waals surface area contributed by atoms with E-state index in [1.807, 2.05) is 0 Å². The van der Waals surface area contributed by atoms with E-state index in [1.54, 1.807) is 0 Å². The highest BCUT2D eigenvalue weighted by molar-refractivity contribution is 5.85. The molecule has 0 saturated heterocycles. The first-order valence-electron chi connectivity index (χ1n) is 10.6. The molecule has 0 spiro atoms. The summed E-state index contributed by atoms with van der Waals surface area (Å²) in [5.74, 6) is 0.366. The maximum absolute atomic E-state index is 12.1. The summed E-state index contributed by atoms with van der Waals surface area (Å²) < 4.78 is 10.6. The Morgan fingerprint density at radius 3 is 1.97 bits per heavy atom. The Balaban J connectivity index is 0. The van der Waals surface area contributed by atoms with Crippen molar-refractivity contribution in [2.75, 3.05) is 26.3 Å². The number of hydrogen-bond donors (Lipinski definition) is 2. The van der Waals surface area contributed by atoms with Crippen LogP contribution in [0.5, 0.6) is 0 Å². The molecule has 0 aromatic rings. The van der Waals surface area contributed by atoms with E-state index >= 15 is 0 Å². The normalized spacial score (nSPS) is 16.3. The van der Waals surface area contributed by atoms with Crippen molar-refractivity contribution in [3.05, 3.63) is 0 Å². The second kappa shape index (κ2) is 17.2. The van der Waals surface area contributed by atoms with E-state index in [0.29, 0.717) is 57.9 Å². The van der Waals surface area contributed by atoms with Gasteiger partial charge in [0.2, 0.25) is 0 Å². The molecule has 0 aromatic heterocycles. The maximum atomic E-state index is 12.1. The van der Waals surface area contributed by atoms with E-state index in [9.17, 15) is 9.59 Å². The van der Waals surface area contributed by atoms with Crippen molar-refractivity contribution < 1.29 is 19.1 Å².